The van der Waals surface area contributed by atoms with Gasteiger partial charge in [-0.15, -0.1) is 0 Å². The van der Waals surface area contributed by atoms with Crippen molar-refractivity contribution in [2.45, 2.75) is 6.54 Å². The Morgan fingerprint density at radius 1 is 1.20 bits per heavy atom. The number of benzene rings is 1. The SMILES string of the molecule is O=C(O)NCc1ccc(C=Cc2ccnc(Cl)c2)cc1. The molecule has 0 radical (unpaired) electrons. The summed E-state index contributed by atoms with van der Waals surface area (Å²) in [5.74, 6) is 0. The normalized spacial score (nSPS) is 10.7. The first kappa shape index (κ1) is 14.1. The maximum atomic E-state index is 10.4. The highest BCUT2D eigenvalue weighted by molar-refractivity contribution is 6.29. The largest absolute Gasteiger partial charge is 0.465 e. The lowest BCUT2D eigenvalue weighted by Gasteiger charge is -2.01. The van der Waals surface area contributed by atoms with Crippen LogP contribution >= 0.6 is 11.6 Å². The summed E-state index contributed by atoms with van der Waals surface area (Å²) in [6, 6.07) is 11.3. The van der Waals surface area contributed by atoms with E-state index in [0.717, 1.165) is 16.7 Å². The Bertz CT molecular complexity index is 624. The number of nitrogens with zero attached hydrogens (tertiary/aromatic N) is 1. The fourth-order valence-corrected chi connectivity index (χ4v) is 1.82. The topological polar surface area (TPSA) is 62.2 Å². The molecule has 1 aromatic carbocycles. The molecular weight excluding hydrogens is 276 g/mol. The van der Waals surface area contributed by atoms with Crippen LogP contribution in [0.1, 0.15) is 16.7 Å². The van der Waals surface area contributed by atoms with Crippen LogP contribution in [0.25, 0.3) is 12.2 Å². The molecular formula is C15H13ClN2O2. The molecule has 0 unspecified atom stereocenters. The third-order valence-electron chi connectivity index (χ3n) is 2.64. The lowest BCUT2D eigenvalue weighted by Crippen LogP contribution is -2.19. The molecule has 1 amide bonds. The van der Waals surface area contributed by atoms with Gasteiger partial charge >= 0.3 is 6.09 Å². The molecule has 0 aliphatic heterocycles. The van der Waals surface area contributed by atoms with Crippen molar-refractivity contribution < 1.29 is 9.90 Å². The number of pyridine rings is 1. The summed E-state index contributed by atoms with van der Waals surface area (Å²) in [4.78, 5) is 14.3. The summed E-state index contributed by atoms with van der Waals surface area (Å²) in [5.41, 5.74) is 2.91. The molecule has 0 spiro atoms. The molecule has 0 bridgehead atoms. The third kappa shape index (κ3) is 4.40. The predicted molar refractivity (Wildman–Crippen MR) is 79.5 cm³/mol. The van der Waals surface area contributed by atoms with Crippen LogP contribution in [0.3, 0.4) is 0 Å². The number of amides is 1. The molecule has 5 heteroatoms. The fourth-order valence-electron chi connectivity index (χ4n) is 1.64. The minimum atomic E-state index is -1.02. The Morgan fingerprint density at radius 2 is 1.90 bits per heavy atom. The molecule has 2 N–H and O–H groups in total. The molecule has 102 valence electrons. The maximum absolute atomic E-state index is 10.4. The number of nitrogens with one attached hydrogen (secondary N) is 1. The first-order valence-electron chi connectivity index (χ1n) is 5.99. The van der Waals surface area contributed by atoms with E-state index >= 15 is 0 Å². The van der Waals surface area contributed by atoms with Crippen molar-refractivity contribution in [1.29, 1.82) is 0 Å². The van der Waals surface area contributed by atoms with Crippen LogP contribution in [0.2, 0.25) is 5.15 Å². The van der Waals surface area contributed by atoms with Gasteiger partial charge in [-0.1, -0.05) is 48.0 Å². The number of carbonyl (C=O) groups is 1. The van der Waals surface area contributed by atoms with E-state index in [1.807, 2.05) is 42.5 Å². The Balaban J connectivity index is 2.01. The molecule has 0 saturated carbocycles. The molecule has 0 aliphatic rings. The van der Waals surface area contributed by atoms with Gasteiger partial charge in [-0.05, 0) is 28.8 Å². The van der Waals surface area contributed by atoms with Crippen LogP contribution in [0.4, 0.5) is 4.79 Å². The number of aromatic nitrogens is 1. The van der Waals surface area contributed by atoms with E-state index in [2.05, 4.69) is 10.3 Å². The Hall–Kier alpha value is -2.33. The number of hydrogen-bond donors (Lipinski definition) is 2. The molecule has 20 heavy (non-hydrogen) atoms. The first-order valence-corrected chi connectivity index (χ1v) is 6.36. The second kappa shape index (κ2) is 6.73. The average molecular weight is 289 g/mol. The minimum Gasteiger partial charge on any atom is -0.465 e. The van der Waals surface area contributed by atoms with Crippen molar-refractivity contribution in [2.24, 2.45) is 0 Å². The second-order valence-corrected chi connectivity index (χ2v) is 4.53. The van der Waals surface area contributed by atoms with Crippen molar-refractivity contribution in [2.75, 3.05) is 0 Å². The van der Waals surface area contributed by atoms with Gasteiger partial charge < -0.3 is 10.4 Å². The Kier molecular flexibility index (Phi) is 4.74. The van der Waals surface area contributed by atoms with E-state index in [1.54, 1.807) is 12.3 Å². The highest BCUT2D eigenvalue weighted by atomic mass is 35.5. The standard InChI is InChI=1S/C15H13ClN2O2/c16-14-9-12(7-8-17-14)4-1-11-2-5-13(6-3-11)10-18-15(19)20/h1-9,18H,10H2,(H,19,20). The second-order valence-electron chi connectivity index (χ2n) is 4.15. The molecule has 2 rings (SSSR count). The summed E-state index contributed by atoms with van der Waals surface area (Å²) < 4.78 is 0. The average Bonchev–Trinajstić information content (AvgIpc) is 2.44. The summed E-state index contributed by atoms with van der Waals surface area (Å²) in [7, 11) is 0. The minimum absolute atomic E-state index is 0.305. The van der Waals surface area contributed by atoms with Gasteiger partial charge in [0.15, 0.2) is 0 Å². The van der Waals surface area contributed by atoms with Gasteiger partial charge in [-0.25, -0.2) is 9.78 Å². The smallest absolute Gasteiger partial charge is 0.404 e. The van der Waals surface area contributed by atoms with Gasteiger partial charge in [-0.2, -0.15) is 0 Å². The molecule has 2 aromatic rings. The lowest BCUT2D eigenvalue weighted by molar-refractivity contribution is 0.194. The van der Waals surface area contributed by atoms with Crippen molar-refractivity contribution in [3.8, 4) is 0 Å². The van der Waals surface area contributed by atoms with E-state index in [1.165, 1.54) is 0 Å². The van der Waals surface area contributed by atoms with E-state index < -0.39 is 6.09 Å². The number of hydrogen-bond acceptors (Lipinski definition) is 2. The molecule has 0 atom stereocenters. The Labute approximate surface area is 121 Å². The van der Waals surface area contributed by atoms with Gasteiger partial charge in [0.25, 0.3) is 0 Å². The number of halogens is 1. The van der Waals surface area contributed by atoms with Gasteiger partial charge in [0.2, 0.25) is 0 Å². The van der Waals surface area contributed by atoms with Crippen molar-refractivity contribution in [3.05, 3.63) is 64.4 Å². The highest BCUT2D eigenvalue weighted by Crippen LogP contribution is 2.12. The van der Waals surface area contributed by atoms with E-state index in [0.29, 0.717) is 11.7 Å². The van der Waals surface area contributed by atoms with Crippen LogP contribution in [-0.2, 0) is 6.54 Å². The van der Waals surface area contributed by atoms with Gasteiger partial charge in [-0.3, -0.25) is 0 Å². The Morgan fingerprint density at radius 3 is 2.55 bits per heavy atom. The summed E-state index contributed by atoms with van der Waals surface area (Å²) in [6.45, 7) is 0.305. The lowest BCUT2D eigenvalue weighted by atomic mass is 10.1. The molecule has 4 nitrogen and oxygen atoms in total. The maximum Gasteiger partial charge on any atom is 0.404 e. The number of carboxylic acid groups (broad SMARTS) is 1. The zero-order chi connectivity index (χ0) is 14.4. The molecule has 1 aromatic heterocycles. The van der Waals surface area contributed by atoms with Crippen molar-refractivity contribution >= 4 is 29.8 Å². The fraction of sp³-hybridized carbons (Fsp3) is 0.0667. The van der Waals surface area contributed by atoms with E-state index in [-0.39, 0.29) is 0 Å². The van der Waals surface area contributed by atoms with Crippen LogP contribution in [0, 0.1) is 0 Å². The molecule has 0 saturated heterocycles. The van der Waals surface area contributed by atoms with Gasteiger partial charge in [0, 0.05) is 12.7 Å². The van der Waals surface area contributed by atoms with Crippen molar-refractivity contribution in [1.82, 2.24) is 10.3 Å². The monoisotopic (exact) mass is 288 g/mol. The van der Waals surface area contributed by atoms with E-state index in [9.17, 15) is 4.79 Å². The highest BCUT2D eigenvalue weighted by Gasteiger charge is 1.96. The first-order chi connectivity index (χ1) is 9.63. The third-order valence-corrected chi connectivity index (χ3v) is 2.85. The van der Waals surface area contributed by atoms with Gasteiger partial charge in [0.1, 0.15) is 5.15 Å². The van der Waals surface area contributed by atoms with Crippen LogP contribution in [-0.4, -0.2) is 16.2 Å². The predicted octanol–water partition coefficient (Wildman–Crippen LogP) is 3.67. The summed E-state index contributed by atoms with van der Waals surface area (Å²) >= 11 is 5.81. The quantitative estimate of drug-likeness (QED) is 0.844. The summed E-state index contributed by atoms with van der Waals surface area (Å²) in [5, 5.41) is 11.3. The van der Waals surface area contributed by atoms with E-state index in [4.69, 9.17) is 16.7 Å². The van der Waals surface area contributed by atoms with Crippen LogP contribution in [0.5, 0.6) is 0 Å². The van der Waals surface area contributed by atoms with Crippen LogP contribution in [0.15, 0.2) is 42.6 Å². The zero-order valence-electron chi connectivity index (χ0n) is 10.6. The molecule has 0 fully saturated rings. The van der Waals surface area contributed by atoms with Crippen molar-refractivity contribution in [3.63, 3.8) is 0 Å². The zero-order valence-corrected chi connectivity index (χ0v) is 11.3. The van der Waals surface area contributed by atoms with Gasteiger partial charge in [0.05, 0.1) is 0 Å². The summed E-state index contributed by atoms with van der Waals surface area (Å²) in [6.07, 6.45) is 4.53. The molecule has 0 aliphatic carbocycles. The number of rotatable bonds is 4. The van der Waals surface area contributed by atoms with Crippen LogP contribution < -0.4 is 5.32 Å². The molecule has 1 heterocycles.